The van der Waals surface area contributed by atoms with Gasteiger partial charge in [-0.05, 0) is 88.3 Å². The van der Waals surface area contributed by atoms with Crippen LogP contribution in [0.2, 0.25) is 0 Å². The predicted octanol–water partition coefficient (Wildman–Crippen LogP) is 5.12. The van der Waals surface area contributed by atoms with Gasteiger partial charge >= 0.3 is 6.09 Å². The molecule has 1 rings (SSSR count). The Morgan fingerprint density at radius 3 is 1.96 bits per heavy atom. The number of methoxy groups -OCH3 is 1. The fraction of sp³-hybridized carbons (Fsp3) is 0.732. The Balaban J connectivity index is 2.99. The van der Waals surface area contributed by atoms with Crippen LogP contribution in [0.15, 0.2) is 24.3 Å². The van der Waals surface area contributed by atoms with Gasteiger partial charge in [0, 0.05) is 33.0 Å². The second-order valence-corrected chi connectivity index (χ2v) is 16.6. The third-order valence-electron chi connectivity index (χ3n) is 8.76. The molecule has 0 spiro atoms. The van der Waals surface area contributed by atoms with Crippen molar-refractivity contribution in [1.29, 1.82) is 0 Å². The topological polar surface area (TPSA) is 175 Å². The number of aliphatic hydroxyl groups is 1. The number of unbranched alkanes of at least 4 members (excludes halogenated alkanes) is 2. The van der Waals surface area contributed by atoms with Gasteiger partial charge in [0.15, 0.2) is 0 Å². The Hall–Kier alpha value is -3.87. The van der Waals surface area contributed by atoms with E-state index in [-0.39, 0.29) is 36.5 Å². The second-order valence-electron chi connectivity index (χ2n) is 16.6. The highest BCUT2D eigenvalue weighted by Gasteiger charge is 2.35. The number of benzene rings is 1. The molecule has 0 bridgehead atoms. The van der Waals surface area contributed by atoms with Crippen LogP contribution in [0, 0.1) is 17.8 Å². The predicted molar refractivity (Wildman–Crippen MR) is 212 cm³/mol. The molecule has 0 aliphatic rings. The lowest BCUT2D eigenvalue weighted by atomic mass is 9.95. The summed E-state index contributed by atoms with van der Waals surface area (Å²) in [4.78, 5) is 67.2. The molecule has 1 aromatic carbocycles. The van der Waals surface area contributed by atoms with Crippen LogP contribution in [0.1, 0.15) is 119 Å². The van der Waals surface area contributed by atoms with Crippen molar-refractivity contribution in [3.8, 4) is 5.75 Å². The van der Waals surface area contributed by atoms with E-state index in [0.717, 1.165) is 24.8 Å². The van der Waals surface area contributed by atoms with E-state index in [0.29, 0.717) is 50.4 Å². The normalized spacial score (nSPS) is 13.8. The first-order valence-corrected chi connectivity index (χ1v) is 19.6. The molecule has 0 aliphatic heterocycles. The number of hydrogen-bond donors (Lipinski definition) is 5. The van der Waals surface area contributed by atoms with Crippen LogP contribution in [0.25, 0.3) is 0 Å². The molecule has 4 atom stereocenters. The van der Waals surface area contributed by atoms with E-state index >= 15 is 0 Å². The van der Waals surface area contributed by atoms with Gasteiger partial charge in [-0.1, -0.05) is 60.1 Å². The third-order valence-corrected chi connectivity index (χ3v) is 8.76. The maximum absolute atomic E-state index is 14.1. The molecular formula is C41H71N5O8. The summed E-state index contributed by atoms with van der Waals surface area (Å²) in [6.45, 7) is 18.3. The first kappa shape index (κ1) is 48.1. The van der Waals surface area contributed by atoms with Crippen molar-refractivity contribution in [2.75, 3.05) is 27.2 Å². The molecule has 0 fully saturated rings. The molecule has 0 saturated carbocycles. The van der Waals surface area contributed by atoms with Crippen LogP contribution >= 0.6 is 0 Å². The van der Waals surface area contributed by atoms with Gasteiger partial charge in [0.25, 0.3) is 0 Å². The molecule has 5 amide bonds. The van der Waals surface area contributed by atoms with Gasteiger partial charge in [0.05, 0.1) is 25.7 Å². The average Bonchev–Trinajstić information content (AvgIpc) is 3.06. The molecule has 13 heteroatoms. The van der Waals surface area contributed by atoms with Crippen molar-refractivity contribution in [3.05, 3.63) is 29.8 Å². The highest BCUT2D eigenvalue weighted by molar-refractivity contribution is 5.91. The molecule has 5 N–H and O–H groups in total. The molecular weight excluding hydrogens is 690 g/mol. The molecule has 308 valence electrons. The fourth-order valence-electron chi connectivity index (χ4n) is 5.84. The largest absolute Gasteiger partial charge is 0.497 e. The lowest BCUT2D eigenvalue weighted by Gasteiger charge is -2.34. The number of hydrogen-bond acceptors (Lipinski definition) is 8. The van der Waals surface area contributed by atoms with Crippen molar-refractivity contribution < 1.29 is 38.6 Å². The highest BCUT2D eigenvalue weighted by Crippen LogP contribution is 2.19. The molecule has 13 nitrogen and oxygen atoms in total. The summed E-state index contributed by atoms with van der Waals surface area (Å²) in [5.41, 5.74) is -0.0272. The average molecular weight is 762 g/mol. The minimum Gasteiger partial charge on any atom is -0.497 e. The van der Waals surface area contributed by atoms with Crippen LogP contribution in [0.3, 0.4) is 0 Å². The van der Waals surface area contributed by atoms with E-state index in [1.807, 2.05) is 27.7 Å². The van der Waals surface area contributed by atoms with Crippen molar-refractivity contribution in [2.24, 2.45) is 17.8 Å². The Morgan fingerprint density at radius 2 is 1.41 bits per heavy atom. The summed E-state index contributed by atoms with van der Waals surface area (Å²) < 4.78 is 10.7. The number of aliphatic hydroxyl groups excluding tert-OH is 1. The van der Waals surface area contributed by atoms with Crippen LogP contribution in [0.5, 0.6) is 5.75 Å². The zero-order valence-electron chi connectivity index (χ0n) is 34.9. The highest BCUT2D eigenvalue weighted by atomic mass is 16.6. The van der Waals surface area contributed by atoms with Gasteiger partial charge in [-0.25, -0.2) is 4.79 Å². The molecule has 0 aromatic heterocycles. The van der Waals surface area contributed by atoms with Crippen molar-refractivity contribution in [2.45, 2.75) is 150 Å². The number of ether oxygens (including phenoxy) is 2. The number of likely N-dealkylation sites (N-methyl/N-ethyl adjacent to an activating group) is 1. The summed E-state index contributed by atoms with van der Waals surface area (Å²) in [5.74, 6) is 0.0559. The fourth-order valence-corrected chi connectivity index (χ4v) is 5.84. The van der Waals surface area contributed by atoms with Gasteiger partial charge in [-0.2, -0.15) is 0 Å². The van der Waals surface area contributed by atoms with Crippen molar-refractivity contribution in [1.82, 2.24) is 26.2 Å². The maximum Gasteiger partial charge on any atom is 0.408 e. The van der Waals surface area contributed by atoms with Crippen LogP contribution < -0.4 is 26.0 Å². The van der Waals surface area contributed by atoms with Gasteiger partial charge < -0.3 is 40.7 Å². The molecule has 0 aliphatic carbocycles. The maximum atomic E-state index is 14.1. The van der Waals surface area contributed by atoms with Crippen LogP contribution in [-0.4, -0.2) is 96.8 Å². The zero-order chi connectivity index (χ0) is 41.0. The number of carbonyl (C=O) groups is 5. The van der Waals surface area contributed by atoms with Gasteiger partial charge in [-0.3, -0.25) is 19.2 Å². The van der Waals surface area contributed by atoms with Crippen LogP contribution in [0.4, 0.5) is 4.79 Å². The van der Waals surface area contributed by atoms with Gasteiger partial charge in [0.2, 0.25) is 23.6 Å². The first-order chi connectivity index (χ1) is 25.2. The Labute approximate surface area is 324 Å². The molecule has 1 aromatic rings. The Kier molecular flexibility index (Phi) is 21.9. The molecule has 0 heterocycles. The van der Waals surface area contributed by atoms with Crippen LogP contribution in [-0.2, 0) is 30.3 Å². The monoisotopic (exact) mass is 762 g/mol. The summed E-state index contributed by atoms with van der Waals surface area (Å²) in [7, 11) is 3.09. The Bertz CT molecular complexity index is 1300. The smallest absolute Gasteiger partial charge is 0.408 e. The van der Waals surface area contributed by atoms with E-state index in [2.05, 4.69) is 35.1 Å². The Morgan fingerprint density at radius 1 is 0.796 bits per heavy atom. The summed E-state index contributed by atoms with van der Waals surface area (Å²) in [6, 6.07) is 4.42. The van der Waals surface area contributed by atoms with E-state index < -0.39 is 47.7 Å². The van der Waals surface area contributed by atoms with E-state index in [4.69, 9.17) is 9.47 Å². The number of nitrogens with one attached hydrogen (secondary N) is 4. The number of carbonyl (C=O) groups excluding carboxylic acids is 5. The van der Waals surface area contributed by atoms with E-state index in [1.165, 1.54) is 11.9 Å². The first-order valence-electron chi connectivity index (χ1n) is 19.6. The summed E-state index contributed by atoms with van der Waals surface area (Å²) in [6.07, 6.45) is 2.34. The molecule has 54 heavy (non-hydrogen) atoms. The van der Waals surface area contributed by atoms with Crippen molar-refractivity contribution in [3.63, 3.8) is 0 Å². The molecule has 0 unspecified atom stereocenters. The summed E-state index contributed by atoms with van der Waals surface area (Å²) >= 11 is 0. The third kappa shape index (κ3) is 20.5. The number of rotatable bonds is 24. The van der Waals surface area contributed by atoms with E-state index in [9.17, 15) is 29.1 Å². The molecule has 0 saturated heterocycles. The minimum atomic E-state index is -1.16. The summed E-state index contributed by atoms with van der Waals surface area (Å²) in [5, 5.41) is 22.6. The second kappa shape index (κ2) is 24.5. The zero-order valence-corrected chi connectivity index (χ0v) is 34.9. The number of nitrogens with zero attached hydrogens (tertiary/aromatic N) is 1. The lowest BCUT2D eigenvalue weighted by molar-refractivity contribution is -0.141. The molecule has 0 radical (unpaired) electrons. The van der Waals surface area contributed by atoms with Crippen molar-refractivity contribution >= 4 is 29.7 Å². The standard InChI is InChI=1S/C41H71N5O8/c1-27(2)20-22-43-36(48)15-13-12-14-21-42-37(49)26-35(47)32(23-28(3)4)44-38(50)34(24-29(5)6)46(10)39(51)33(45-40(52)54-41(7,8)9)25-30-16-18-31(53-11)19-17-30/h16-19,27-29,32-35,47H,12-15,20-26H2,1-11H3,(H,42,49)(H,43,48)(H,44,50)(H,45,52)/t32-,33+,34+,35-/m1/s1. The van der Waals surface area contributed by atoms with Gasteiger partial charge in [-0.15, -0.1) is 0 Å². The minimum absolute atomic E-state index is 0.0216. The number of amides is 5. The SMILES string of the molecule is COc1ccc(C[C@H](NC(=O)OC(C)(C)C)C(=O)N(C)[C@@H](CC(C)C)C(=O)N[C@H](CC(C)C)[C@H](O)CC(=O)NCCCCCC(=O)NCCC(C)C)cc1. The van der Waals surface area contributed by atoms with E-state index in [1.54, 1.807) is 52.1 Å². The lowest BCUT2D eigenvalue weighted by Crippen LogP contribution is -2.58. The quantitative estimate of drug-likeness (QED) is 0.0902. The number of alkyl carbamates (subject to hydrolysis) is 1. The van der Waals surface area contributed by atoms with Gasteiger partial charge in [0.1, 0.15) is 23.4 Å².